The van der Waals surface area contributed by atoms with Crippen LogP contribution in [-0.4, -0.2) is 34.5 Å². The molecule has 1 aliphatic carbocycles. The molecule has 0 spiro atoms. The number of hydrogen-bond acceptors (Lipinski definition) is 3. The highest BCUT2D eigenvalue weighted by molar-refractivity contribution is 7.08. The lowest BCUT2D eigenvalue weighted by molar-refractivity contribution is -0.143. The Morgan fingerprint density at radius 2 is 2.16 bits per heavy atom. The molecule has 1 amide bonds. The molecule has 0 radical (unpaired) electrons. The fourth-order valence-electron chi connectivity index (χ4n) is 2.09. The molecular weight excluding hydrogens is 262 g/mol. The van der Waals surface area contributed by atoms with Crippen LogP contribution in [0.5, 0.6) is 0 Å². The van der Waals surface area contributed by atoms with Crippen LogP contribution < -0.4 is 0 Å². The molecular formula is C14H19NO3S. The van der Waals surface area contributed by atoms with E-state index in [2.05, 4.69) is 0 Å². The molecule has 1 heterocycles. The fourth-order valence-corrected chi connectivity index (χ4v) is 2.85. The quantitative estimate of drug-likeness (QED) is 0.872. The van der Waals surface area contributed by atoms with Crippen molar-refractivity contribution in [1.82, 2.24) is 4.90 Å². The second kappa shape index (κ2) is 5.74. The zero-order valence-electron chi connectivity index (χ0n) is 11.2. The van der Waals surface area contributed by atoms with Crippen molar-refractivity contribution in [3.8, 4) is 0 Å². The molecule has 4 nitrogen and oxygen atoms in total. The van der Waals surface area contributed by atoms with E-state index in [1.807, 2.05) is 23.8 Å². The zero-order valence-corrected chi connectivity index (χ0v) is 12.0. The van der Waals surface area contributed by atoms with Crippen LogP contribution in [0.3, 0.4) is 0 Å². The molecule has 5 heteroatoms. The van der Waals surface area contributed by atoms with E-state index < -0.39 is 11.9 Å². The first-order valence-electron chi connectivity index (χ1n) is 6.56. The molecule has 1 aromatic heterocycles. The normalized spacial score (nSPS) is 17.8. The maximum Gasteiger partial charge on any atom is 0.308 e. The minimum Gasteiger partial charge on any atom is -0.481 e. The van der Waals surface area contributed by atoms with Gasteiger partial charge in [0, 0.05) is 12.6 Å². The van der Waals surface area contributed by atoms with Gasteiger partial charge in [0.1, 0.15) is 0 Å². The standard InChI is InChI=1S/C14H19NO3S/c1-9(14(17)18)7-15(12-3-4-12)13(16)10(2)11-5-6-19-8-11/h5-6,8-10,12H,3-4,7H2,1-2H3,(H,17,18). The molecule has 19 heavy (non-hydrogen) atoms. The Bertz CT molecular complexity index is 453. The minimum absolute atomic E-state index is 0.0500. The first kappa shape index (κ1) is 14.1. The lowest BCUT2D eigenvalue weighted by Gasteiger charge is -2.27. The second-order valence-corrected chi connectivity index (χ2v) is 6.02. The third-order valence-corrected chi connectivity index (χ3v) is 4.28. The van der Waals surface area contributed by atoms with E-state index in [4.69, 9.17) is 5.11 Å². The highest BCUT2D eigenvalue weighted by Crippen LogP contribution is 2.31. The van der Waals surface area contributed by atoms with Crippen molar-refractivity contribution >= 4 is 23.2 Å². The van der Waals surface area contributed by atoms with Crippen LogP contribution in [-0.2, 0) is 9.59 Å². The van der Waals surface area contributed by atoms with Gasteiger partial charge in [0.15, 0.2) is 0 Å². The molecule has 0 aliphatic heterocycles. The van der Waals surface area contributed by atoms with E-state index in [0.717, 1.165) is 18.4 Å². The number of aliphatic carboxylic acids is 1. The Morgan fingerprint density at radius 1 is 1.47 bits per heavy atom. The van der Waals surface area contributed by atoms with Gasteiger partial charge in [0.2, 0.25) is 5.91 Å². The van der Waals surface area contributed by atoms with Crippen molar-refractivity contribution in [2.24, 2.45) is 5.92 Å². The highest BCUT2D eigenvalue weighted by atomic mass is 32.1. The van der Waals surface area contributed by atoms with Gasteiger partial charge in [0.05, 0.1) is 11.8 Å². The summed E-state index contributed by atoms with van der Waals surface area (Å²) in [6, 6.07) is 2.20. The van der Waals surface area contributed by atoms with Gasteiger partial charge in [0.25, 0.3) is 0 Å². The summed E-state index contributed by atoms with van der Waals surface area (Å²) in [7, 11) is 0. The zero-order chi connectivity index (χ0) is 14.0. The maximum atomic E-state index is 12.5. The van der Waals surface area contributed by atoms with Crippen LogP contribution in [0.15, 0.2) is 16.8 Å². The predicted molar refractivity (Wildman–Crippen MR) is 74.3 cm³/mol. The molecule has 2 rings (SSSR count). The molecule has 104 valence electrons. The summed E-state index contributed by atoms with van der Waals surface area (Å²) in [5.41, 5.74) is 1.02. The lowest BCUT2D eigenvalue weighted by atomic mass is 10.0. The van der Waals surface area contributed by atoms with Crippen molar-refractivity contribution in [2.75, 3.05) is 6.54 Å². The number of amides is 1. The van der Waals surface area contributed by atoms with Crippen molar-refractivity contribution < 1.29 is 14.7 Å². The van der Waals surface area contributed by atoms with Gasteiger partial charge >= 0.3 is 5.97 Å². The Hall–Kier alpha value is -1.36. The fraction of sp³-hybridized carbons (Fsp3) is 0.571. The van der Waals surface area contributed by atoms with E-state index >= 15 is 0 Å². The third-order valence-electron chi connectivity index (χ3n) is 3.58. The molecule has 1 aromatic rings. The van der Waals surface area contributed by atoms with Gasteiger partial charge in [-0.05, 0) is 42.2 Å². The smallest absolute Gasteiger partial charge is 0.308 e. The van der Waals surface area contributed by atoms with Crippen molar-refractivity contribution in [1.29, 1.82) is 0 Å². The Labute approximate surface area is 117 Å². The third kappa shape index (κ3) is 3.35. The second-order valence-electron chi connectivity index (χ2n) is 5.24. The van der Waals surface area contributed by atoms with E-state index in [-0.39, 0.29) is 17.9 Å². The van der Waals surface area contributed by atoms with Gasteiger partial charge < -0.3 is 10.0 Å². The number of rotatable bonds is 6. The SMILES string of the molecule is CC(CN(C(=O)C(C)c1ccsc1)C1CC1)C(=O)O. The number of carbonyl (C=O) groups is 2. The van der Waals surface area contributed by atoms with Crippen molar-refractivity contribution in [2.45, 2.75) is 38.6 Å². The molecule has 0 bridgehead atoms. The number of carboxylic acid groups (broad SMARTS) is 1. The summed E-state index contributed by atoms with van der Waals surface area (Å²) in [6.45, 7) is 3.86. The first-order valence-corrected chi connectivity index (χ1v) is 7.50. The summed E-state index contributed by atoms with van der Waals surface area (Å²) in [4.78, 5) is 25.2. The number of hydrogen-bond donors (Lipinski definition) is 1. The predicted octanol–water partition coefficient (Wildman–Crippen LogP) is 2.56. The monoisotopic (exact) mass is 281 g/mol. The van der Waals surface area contributed by atoms with Crippen LogP contribution in [0.4, 0.5) is 0 Å². The summed E-state index contributed by atoms with van der Waals surface area (Å²) in [5.74, 6) is -1.50. The Balaban J connectivity index is 2.06. The number of nitrogens with zero attached hydrogens (tertiary/aromatic N) is 1. The molecule has 0 saturated heterocycles. The van der Waals surface area contributed by atoms with E-state index in [0.29, 0.717) is 6.54 Å². The average molecular weight is 281 g/mol. The van der Waals surface area contributed by atoms with Crippen LogP contribution in [0.1, 0.15) is 38.2 Å². The van der Waals surface area contributed by atoms with Gasteiger partial charge in [-0.1, -0.05) is 6.92 Å². The largest absolute Gasteiger partial charge is 0.481 e. The van der Waals surface area contributed by atoms with Crippen LogP contribution in [0, 0.1) is 5.92 Å². The molecule has 1 fully saturated rings. The average Bonchev–Trinajstić information content (AvgIpc) is 3.07. The number of carbonyl (C=O) groups excluding carboxylic acids is 1. The van der Waals surface area contributed by atoms with Crippen molar-refractivity contribution in [3.05, 3.63) is 22.4 Å². The highest BCUT2D eigenvalue weighted by Gasteiger charge is 2.36. The molecule has 1 saturated carbocycles. The van der Waals surface area contributed by atoms with Gasteiger partial charge in [-0.3, -0.25) is 9.59 Å². The molecule has 2 atom stereocenters. The topological polar surface area (TPSA) is 57.6 Å². The van der Waals surface area contributed by atoms with E-state index in [9.17, 15) is 9.59 Å². The maximum absolute atomic E-state index is 12.5. The summed E-state index contributed by atoms with van der Waals surface area (Å²) < 4.78 is 0. The van der Waals surface area contributed by atoms with Crippen LogP contribution >= 0.6 is 11.3 Å². The Kier molecular flexibility index (Phi) is 4.24. The lowest BCUT2D eigenvalue weighted by Crippen LogP contribution is -2.40. The van der Waals surface area contributed by atoms with Crippen molar-refractivity contribution in [3.63, 3.8) is 0 Å². The molecule has 1 N–H and O–H groups in total. The summed E-state index contributed by atoms with van der Waals surface area (Å²) in [6.07, 6.45) is 1.99. The van der Waals surface area contributed by atoms with Crippen LogP contribution in [0.2, 0.25) is 0 Å². The summed E-state index contributed by atoms with van der Waals surface area (Å²) >= 11 is 1.58. The summed E-state index contributed by atoms with van der Waals surface area (Å²) in [5, 5.41) is 12.9. The molecule has 2 unspecified atom stereocenters. The van der Waals surface area contributed by atoms with E-state index in [1.165, 1.54) is 0 Å². The van der Waals surface area contributed by atoms with Gasteiger partial charge in [-0.25, -0.2) is 0 Å². The van der Waals surface area contributed by atoms with E-state index in [1.54, 1.807) is 23.2 Å². The first-order chi connectivity index (χ1) is 9.00. The molecule has 1 aliphatic rings. The van der Waals surface area contributed by atoms with Crippen LogP contribution in [0.25, 0.3) is 0 Å². The number of carboxylic acids is 1. The Morgan fingerprint density at radius 3 is 2.63 bits per heavy atom. The molecule has 0 aromatic carbocycles. The minimum atomic E-state index is -0.846. The van der Waals surface area contributed by atoms with Gasteiger partial charge in [-0.15, -0.1) is 0 Å². The number of thiophene rings is 1. The van der Waals surface area contributed by atoms with Gasteiger partial charge in [-0.2, -0.15) is 11.3 Å².